The lowest BCUT2D eigenvalue weighted by molar-refractivity contribution is -0.137. The highest BCUT2D eigenvalue weighted by atomic mass is 35.5. The predicted octanol–water partition coefficient (Wildman–Crippen LogP) is 3.92. The quantitative estimate of drug-likeness (QED) is 0.671. The lowest BCUT2D eigenvalue weighted by atomic mass is 10.0. The molecule has 0 amide bonds. The average Bonchev–Trinajstić information content (AvgIpc) is 2.59. The number of hydrogen-bond acceptors (Lipinski definition) is 4. The number of halogens is 1. The third-order valence-electron chi connectivity index (χ3n) is 3.42. The minimum absolute atomic E-state index is 0.126. The molecule has 0 saturated carbocycles. The summed E-state index contributed by atoms with van der Waals surface area (Å²) in [6, 6.07) is 14.6. The third-order valence-corrected chi connectivity index (χ3v) is 3.68. The van der Waals surface area contributed by atoms with E-state index < -0.39 is 12.0 Å². The van der Waals surface area contributed by atoms with Crippen LogP contribution in [0.2, 0.25) is 0 Å². The fourth-order valence-corrected chi connectivity index (χ4v) is 2.46. The van der Waals surface area contributed by atoms with Crippen molar-refractivity contribution in [3.05, 3.63) is 59.7 Å². The first kappa shape index (κ1) is 18.1. The number of nitrogens with one attached hydrogen (secondary N) is 1. The topological polar surface area (TPSA) is 67.8 Å². The van der Waals surface area contributed by atoms with Gasteiger partial charge in [0.25, 0.3) is 0 Å². The van der Waals surface area contributed by atoms with Gasteiger partial charge in [-0.05, 0) is 42.0 Å². The number of carboxylic acids is 1. The molecule has 0 aliphatic heterocycles. The van der Waals surface area contributed by atoms with Crippen molar-refractivity contribution >= 4 is 17.7 Å². The summed E-state index contributed by atoms with van der Waals surface area (Å²) in [4.78, 5) is 13.4. The molecule has 2 aromatic rings. The van der Waals surface area contributed by atoms with Crippen LogP contribution in [-0.4, -0.2) is 17.7 Å². The molecule has 24 heavy (non-hydrogen) atoms. The Morgan fingerprint density at radius 2 is 1.92 bits per heavy atom. The fraction of sp³-hybridized carbons (Fsp3) is 0.278. The van der Waals surface area contributed by atoms with Crippen molar-refractivity contribution in [1.29, 1.82) is 0 Å². The number of carbonyl (C=O) groups is 1. The molecule has 5 nitrogen and oxygen atoms in total. The van der Waals surface area contributed by atoms with Crippen LogP contribution in [0.4, 0.5) is 0 Å². The predicted molar refractivity (Wildman–Crippen MR) is 92.4 cm³/mol. The molecule has 128 valence electrons. The van der Waals surface area contributed by atoms with Crippen LogP contribution >= 0.6 is 11.8 Å². The highest BCUT2D eigenvalue weighted by Gasteiger charge is 2.17. The largest absolute Gasteiger partial charge is 0.490 e. The lowest BCUT2D eigenvalue weighted by Crippen LogP contribution is -2.16. The van der Waals surface area contributed by atoms with E-state index in [0.717, 1.165) is 11.1 Å². The van der Waals surface area contributed by atoms with Gasteiger partial charge in [-0.25, -0.2) is 4.84 Å². The van der Waals surface area contributed by atoms with Crippen LogP contribution in [0.15, 0.2) is 48.5 Å². The van der Waals surface area contributed by atoms with Gasteiger partial charge in [-0.2, -0.15) is 0 Å². The Hall–Kier alpha value is -2.24. The second-order valence-corrected chi connectivity index (χ2v) is 5.39. The first-order chi connectivity index (χ1) is 11.6. The number of hydrogen-bond donors (Lipinski definition) is 2. The average molecular weight is 350 g/mol. The van der Waals surface area contributed by atoms with Crippen molar-refractivity contribution in [3.63, 3.8) is 0 Å². The van der Waals surface area contributed by atoms with Crippen LogP contribution in [0, 0.1) is 0 Å². The van der Waals surface area contributed by atoms with Crippen molar-refractivity contribution in [2.24, 2.45) is 0 Å². The second-order valence-electron chi connectivity index (χ2n) is 5.17. The van der Waals surface area contributed by atoms with Crippen LogP contribution in [0.25, 0.3) is 0 Å². The smallest absolute Gasteiger partial charge is 0.305 e. The molecule has 0 bridgehead atoms. The molecule has 0 heterocycles. The Kier molecular flexibility index (Phi) is 6.90. The molecular weight excluding hydrogens is 330 g/mol. The number of benzene rings is 2. The van der Waals surface area contributed by atoms with Gasteiger partial charge in [-0.3, -0.25) is 4.79 Å². The number of ether oxygens (including phenoxy) is 2. The molecule has 1 atom stereocenters. The summed E-state index contributed by atoms with van der Waals surface area (Å²) in [7, 11) is 0. The van der Waals surface area contributed by atoms with Crippen LogP contribution in [-0.2, 0) is 11.4 Å². The maximum absolute atomic E-state index is 10.9. The van der Waals surface area contributed by atoms with Crippen molar-refractivity contribution in [2.75, 3.05) is 6.61 Å². The molecule has 0 radical (unpaired) electrons. The highest BCUT2D eigenvalue weighted by molar-refractivity contribution is 6.13. The normalized spacial score (nSPS) is 11.8. The molecule has 0 aliphatic carbocycles. The second kappa shape index (κ2) is 9.15. The van der Waals surface area contributed by atoms with E-state index in [9.17, 15) is 4.79 Å². The molecule has 2 aromatic carbocycles. The summed E-state index contributed by atoms with van der Waals surface area (Å²) in [6.07, 6.45) is -0.126. The SMILES string of the molecule is CCOc1cc(C(CC(=O)O)NCl)ccc1OCc1ccccc1. The molecule has 0 aliphatic rings. The van der Waals surface area contributed by atoms with Gasteiger partial charge in [0.1, 0.15) is 6.61 Å². The van der Waals surface area contributed by atoms with Gasteiger partial charge in [-0.1, -0.05) is 36.4 Å². The van der Waals surface area contributed by atoms with Crippen molar-refractivity contribution in [2.45, 2.75) is 26.0 Å². The maximum atomic E-state index is 10.9. The number of carboxylic acid groups (broad SMARTS) is 1. The Labute approximate surface area is 146 Å². The molecule has 0 fully saturated rings. The first-order valence-electron chi connectivity index (χ1n) is 7.65. The monoisotopic (exact) mass is 349 g/mol. The molecule has 2 N–H and O–H groups in total. The van der Waals surface area contributed by atoms with Gasteiger partial charge >= 0.3 is 5.97 Å². The first-order valence-corrected chi connectivity index (χ1v) is 8.03. The van der Waals surface area contributed by atoms with Crippen molar-refractivity contribution in [3.8, 4) is 11.5 Å². The Morgan fingerprint density at radius 3 is 2.54 bits per heavy atom. The van der Waals surface area contributed by atoms with E-state index in [-0.39, 0.29) is 6.42 Å². The number of rotatable bonds is 9. The van der Waals surface area contributed by atoms with E-state index in [4.69, 9.17) is 26.4 Å². The summed E-state index contributed by atoms with van der Waals surface area (Å²) >= 11 is 5.67. The van der Waals surface area contributed by atoms with Gasteiger partial charge in [0.15, 0.2) is 11.5 Å². The summed E-state index contributed by atoms with van der Waals surface area (Å²) in [6.45, 7) is 2.78. The highest BCUT2D eigenvalue weighted by Crippen LogP contribution is 2.32. The summed E-state index contributed by atoms with van der Waals surface area (Å²) in [5.74, 6) is 0.233. The van der Waals surface area contributed by atoms with Crippen molar-refractivity contribution < 1.29 is 19.4 Å². The minimum atomic E-state index is -0.935. The summed E-state index contributed by atoms with van der Waals surface area (Å²) in [5, 5.41) is 8.96. The Bertz CT molecular complexity index is 663. The fourth-order valence-electron chi connectivity index (χ4n) is 2.26. The molecule has 2 rings (SSSR count). The lowest BCUT2D eigenvalue weighted by Gasteiger charge is -2.17. The van der Waals surface area contributed by atoms with Gasteiger partial charge < -0.3 is 14.6 Å². The van der Waals surface area contributed by atoms with E-state index in [0.29, 0.717) is 24.7 Å². The van der Waals surface area contributed by atoms with E-state index >= 15 is 0 Å². The summed E-state index contributed by atoms with van der Waals surface area (Å²) in [5.41, 5.74) is 1.78. The van der Waals surface area contributed by atoms with Crippen LogP contribution in [0.5, 0.6) is 11.5 Å². The van der Waals surface area contributed by atoms with Gasteiger partial charge in [0.05, 0.1) is 19.1 Å². The number of aliphatic carboxylic acids is 1. The van der Waals surface area contributed by atoms with E-state index in [1.54, 1.807) is 18.2 Å². The van der Waals surface area contributed by atoms with E-state index in [1.807, 2.05) is 37.3 Å². The van der Waals surface area contributed by atoms with Gasteiger partial charge in [-0.15, -0.1) is 0 Å². The molecule has 6 heteroatoms. The molecule has 0 aromatic heterocycles. The van der Waals surface area contributed by atoms with Crippen molar-refractivity contribution in [1.82, 2.24) is 4.84 Å². The third kappa shape index (κ3) is 5.15. The Balaban J connectivity index is 2.17. The maximum Gasteiger partial charge on any atom is 0.305 e. The molecule has 0 spiro atoms. The molecule has 1 unspecified atom stereocenters. The minimum Gasteiger partial charge on any atom is -0.490 e. The van der Waals surface area contributed by atoms with E-state index in [1.165, 1.54) is 0 Å². The summed E-state index contributed by atoms with van der Waals surface area (Å²) < 4.78 is 11.5. The van der Waals surface area contributed by atoms with Gasteiger partial charge in [0, 0.05) is 0 Å². The zero-order valence-corrected chi connectivity index (χ0v) is 14.1. The molecule has 0 saturated heterocycles. The van der Waals surface area contributed by atoms with E-state index in [2.05, 4.69) is 4.84 Å². The zero-order valence-electron chi connectivity index (χ0n) is 13.4. The van der Waals surface area contributed by atoms with Crippen LogP contribution in [0.1, 0.15) is 30.5 Å². The van der Waals surface area contributed by atoms with Crippen LogP contribution < -0.4 is 14.3 Å². The molecular formula is C18H20ClNO4. The zero-order chi connectivity index (χ0) is 17.4. The standard InChI is InChI=1S/C18H20ClNO4/c1-2-23-17-10-14(15(20-19)11-18(21)22)8-9-16(17)24-12-13-6-4-3-5-7-13/h3-10,15,20H,2,11-12H2,1H3,(H,21,22). The van der Waals surface area contributed by atoms with Crippen LogP contribution in [0.3, 0.4) is 0 Å². The van der Waals surface area contributed by atoms with Gasteiger partial charge in [0.2, 0.25) is 0 Å². The Morgan fingerprint density at radius 1 is 1.17 bits per heavy atom.